The number of rotatable bonds is 7. The van der Waals surface area contributed by atoms with Crippen molar-refractivity contribution in [1.82, 2.24) is 15.5 Å². The van der Waals surface area contributed by atoms with Gasteiger partial charge < -0.3 is 20.3 Å². The van der Waals surface area contributed by atoms with Gasteiger partial charge in [0.25, 0.3) is 0 Å². The minimum absolute atomic E-state index is 0.0519. The van der Waals surface area contributed by atoms with Crippen LogP contribution in [0.1, 0.15) is 91.0 Å². The molecular formula is C27H43N3O4. The lowest BCUT2D eigenvalue weighted by Gasteiger charge is -2.38. The molecule has 2 atom stereocenters. The summed E-state index contributed by atoms with van der Waals surface area (Å²) in [6.45, 7) is 18.8. The van der Waals surface area contributed by atoms with E-state index >= 15 is 0 Å². The van der Waals surface area contributed by atoms with Gasteiger partial charge in [-0.05, 0) is 90.8 Å². The van der Waals surface area contributed by atoms with Gasteiger partial charge in [0.05, 0.1) is 0 Å². The molecule has 2 N–H and O–H groups in total. The summed E-state index contributed by atoms with van der Waals surface area (Å²) in [6, 6.07) is 4.23. The van der Waals surface area contributed by atoms with Crippen LogP contribution in [0.15, 0.2) is 18.2 Å². The maximum atomic E-state index is 14.1. The summed E-state index contributed by atoms with van der Waals surface area (Å²) in [7, 11) is 0. The minimum atomic E-state index is -0.815. The molecule has 2 unspecified atom stereocenters. The maximum absolute atomic E-state index is 14.1. The van der Waals surface area contributed by atoms with Crippen LogP contribution in [0.5, 0.6) is 0 Å². The SMILES string of the molecule is Cc1cccc(C)c1C(C(=O)NC(C)(C)C)N(C(=O)C(NC(=O)OC(C)(C)C)C(C)C)C1CC1. The fourth-order valence-corrected chi connectivity index (χ4v) is 4.07. The number of aryl methyl sites for hydroxylation is 2. The third kappa shape index (κ3) is 7.47. The molecule has 0 radical (unpaired) electrons. The first kappa shape index (κ1) is 27.7. The minimum Gasteiger partial charge on any atom is -0.444 e. The highest BCUT2D eigenvalue weighted by molar-refractivity contribution is 5.93. The van der Waals surface area contributed by atoms with Crippen LogP contribution in [-0.4, -0.2) is 46.0 Å². The van der Waals surface area contributed by atoms with Crippen molar-refractivity contribution < 1.29 is 19.1 Å². The van der Waals surface area contributed by atoms with Crippen LogP contribution in [0, 0.1) is 19.8 Å². The highest BCUT2D eigenvalue weighted by Gasteiger charge is 2.45. The number of alkyl carbamates (subject to hydrolysis) is 1. The van der Waals surface area contributed by atoms with Crippen molar-refractivity contribution in [3.8, 4) is 0 Å². The number of hydrogen-bond acceptors (Lipinski definition) is 4. The summed E-state index contributed by atoms with van der Waals surface area (Å²) in [5.74, 6) is -0.671. The Kier molecular flexibility index (Phi) is 8.43. The molecule has 0 saturated heterocycles. The normalized spacial score (nSPS) is 16.0. The van der Waals surface area contributed by atoms with Crippen molar-refractivity contribution in [2.45, 2.75) is 111 Å². The molecule has 7 heteroatoms. The number of hydrogen-bond donors (Lipinski definition) is 2. The first-order valence-electron chi connectivity index (χ1n) is 12.2. The second-order valence-corrected chi connectivity index (χ2v) is 11.8. The van der Waals surface area contributed by atoms with E-state index in [2.05, 4.69) is 10.6 Å². The Balaban J connectivity index is 2.53. The van der Waals surface area contributed by atoms with Gasteiger partial charge in [-0.15, -0.1) is 0 Å². The molecule has 1 aromatic carbocycles. The zero-order valence-corrected chi connectivity index (χ0v) is 22.5. The number of carbonyl (C=O) groups excluding carboxylic acids is 3. The Hall–Kier alpha value is -2.57. The van der Waals surface area contributed by atoms with Gasteiger partial charge in [0, 0.05) is 11.6 Å². The third-order valence-electron chi connectivity index (χ3n) is 5.64. The summed E-state index contributed by atoms with van der Waals surface area (Å²) in [4.78, 5) is 42.1. The summed E-state index contributed by atoms with van der Waals surface area (Å²) in [6.07, 6.45) is 1.01. The number of nitrogens with zero attached hydrogens (tertiary/aromatic N) is 1. The van der Waals surface area contributed by atoms with Crippen molar-refractivity contribution in [1.29, 1.82) is 0 Å². The molecule has 1 saturated carbocycles. The molecule has 0 bridgehead atoms. The van der Waals surface area contributed by atoms with Gasteiger partial charge in [-0.1, -0.05) is 32.0 Å². The standard InChI is InChI=1S/C27H43N3O4/c1-16(2)21(28-25(33)34-27(8,9)10)24(32)30(19-14-15-19)22(23(31)29-26(5,6)7)20-17(3)12-11-13-18(20)4/h11-13,16,19,21-22H,14-15H2,1-10H3,(H,28,33)(H,29,31). The van der Waals surface area contributed by atoms with Gasteiger partial charge in [-0.25, -0.2) is 4.79 Å². The lowest BCUT2D eigenvalue weighted by molar-refractivity contribution is -0.144. The second-order valence-electron chi connectivity index (χ2n) is 11.8. The van der Waals surface area contributed by atoms with Crippen LogP contribution < -0.4 is 10.6 Å². The van der Waals surface area contributed by atoms with Gasteiger partial charge in [-0.3, -0.25) is 9.59 Å². The van der Waals surface area contributed by atoms with Gasteiger partial charge in [0.15, 0.2) is 0 Å². The van der Waals surface area contributed by atoms with E-state index in [9.17, 15) is 14.4 Å². The third-order valence-corrected chi connectivity index (χ3v) is 5.64. The average molecular weight is 474 g/mol. The fraction of sp³-hybridized carbons (Fsp3) is 0.667. The predicted molar refractivity (Wildman–Crippen MR) is 134 cm³/mol. The van der Waals surface area contributed by atoms with Gasteiger partial charge in [0.1, 0.15) is 17.7 Å². The maximum Gasteiger partial charge on any atom is 0.408 e. The smallest absolute Gasteiger partial charge is 0.408 e. The monoisotopic (exact) mass is 473 g/mol. The molecule has 190 valence electrons. The molecule has 0 aromatic heterocycles. The molecule has 2 rings (SSSR count). The van der Waals surface area contributed by atoms with E-state index < -0.39 is 29.3 Å². The van der Waals surface area contributed by atoms with E-state index in [1.807, 2.05) is 66.7 Å². The Labute approximate surface area is 205 Å². The molecule has 0 aliphatic heterocycles. The predicted octanol–water partition coefficient (Wildman–Crippen LogP) is 4.80. The van der Waals surface area contributed by atoms with Crippen LogP contribution in [0.4, 0.5) is 4.79 Å². The molecule has 1 fully saturated rings. The molecule has 1 aliphatic rings. The van der Waals surface area contributed by atoms with Crippen molar-refractivity contribution in [3.05, 3.63) is 34.9 Å². The van der Waals surface area contributed by atoms with Gasteiger partial charge in [-0.2, -0.15) is 0 Å². The number of carbonyl (C=O) groups is 3. The topological polar surface area (TPSA) is 87.7 Å². The second kappa shape index (κ2) is 10.4. The van der Waals surface area contributed by atoms with Gasteiger partial charge in [0.2, 0.25) is 11.8 Å². The number of ether oxygens (including phenoxy) is 1. The lowest BCUT2D eigenvalue weighted by Crippen LogP contribution is -2.56. The van der Waals surface area contributed by atoms with E-state index in [0.29, 0.717) is 0 Å². The van der Waals surface area contributed by atoms with E-state index in [-0.39, 0.29) is 23.8 Å². The van der Waals surface area contributed by atoms with Crippen LogP contribution in [0.2, 0.25) is 0 Å². The van der Waals surface area contributed by atoms with Crippen LogP contribution in [0.3, 0.4) is 0 Å². The lowest BCUT2D eigenvalue weighted by atomic mass is 9.92. The fourth-order valence-electron chi connectivity index (χ4n) is 4.07. The van der Waals surface area contributed by atoms with Crippen molar-refractivity contribution >= 4 is 17.9 Å². The van der Waals surface area contributed by atoms with E-state index in [1.165, 1.54) is 0 Å². The molecule has 34 heavy (non-hydrogen) atoms. The molecular weight excluding hydrogens is 430 g/mol. The summed E-state index contributed by atoms with van der Waals surface area (Å²) in [5, 5.41) is 5.86. The van der Waals surface area contributed by atoms with Crippen molar-refractivity contribution in [2.75, 3.05) is 0 Å². The van der Waals surface area contributed by atoms with Crippen LogP contribution in [0.25, 0.3) is 0 Å². The Morgan fingerprint density at radius 2 is 1.53 bits per heavy atom. The zero-order chi connectivity index (χ0) is 26.0. The first-order valence-corrected chi connectivity index (χ1v) is 12.2. The highest BCUT2D eigenvalue weighted by Crippen LogP contribution is 2.38. The average Bonchev–Trinajstić information content (AvgIpc) is 3.46. The van der Waals surface area contributed by atoms with E-state index in [1.54, 1.807) is 25.7 Å². The Morgan fingerprint density at radius 1 is 1.00 bits per heavy atom. The molecule has 1 aromatic rings. The molecule has 0 heterocycles. The molecule has 0 spiro atoms. The Bertz CT molecular complexity index is 887. The number of nitrogens with one attached hydrogen (secondary N) is 2. The molecule has 3 amide bonds. The van der Waals surface area contributed by atoms with Crippen LogP contribution >= 0.6 is 0 Å². The van der Waals surface area contributed by atoms with E-state index in [0.717, 1.165) is 29.5 Å². The first-order chi connectivity index (χ1) is 15.5. The largest absolute Gasteiger partial charge is 0.444 e. The zero-order valence-electron chi connectivity index (χ0n) is 22.5. The van der Waals surface area contributed by atoms with E-state index in [4.69, 9.17) is 4.74 Å². The number of amides is 3. The van der Waals surface area contributed by atoms with Crippen LogP contribution in [-0.2, 0) is 14.3 Å². The highest BCUT2D eigenvalue weighted by atomic mass is 16.6. The van der Waals surface area contributed by atoms with Gasteiger partial charge >= 0.3 is 6.09 Å². The quantitative estimate of drug-likeness (QED) is 0.595. The summed E-state index contributed by atoms with van der Waals surface area (Å²) < 4.78 is 5.42. The summed E-state index contributed by atoms with van der Waals surface area (Å²) in [5.41, 5.74) is 1.60. The molecule has 1 aliphatic carbocycles. The van der Waals surface area contributed by atoms with Crippen molar-refractivity contribution in [2.24, 2.45) is 5.92 Å². The number of benzene rings is 1. The van der Waals surface area contributed by atoms with Crippen molar-refractivity contribution in [3.63, 3.8) is 0 Å². The summed E-state index contributed by atoms with van der Waals surface area (Å²) >= 11 is 0. The Morgan fingerprint density at radius 3 is 1.94 bits per heavy atom. The molecule has 7 nitrogen and oxygen atoms in total.